The minimum atomic E-state index is -0.811. The molecule has 0 amide bonds. The summed E-state index contributed by atoms with van der Waals surface area (Å²) in [4.78, 5) is 23.7. The van der Waals surface area contributed by atoms with Crippen molar-refractivity contribution in [1.29, 1.82) is 0 Å². The number of nitrogens with zero attached hydrogens (tertiary/aromatic N) is 2. The Morgan fingerprint density at radius 1 is 1.11 bits per heavy atom. The lowest BCUT2D eigenvalue weighted by Gasteiger charge is -2.31. The van der Waals surface area contributed by atoms with E-state index in [1.165, 1.54) is 12.1 Å². The summed E-state index contributed by atoms with van der Waals surface area (Å²) < 4.78 is 0. The van der Waals surface area contributed by atoms with E-state index in [9.17, 15) is 20.0 Å². The average Bonchev–Trinajstić information content (AvgIpc) is 2.66. The van der Waals surface area contributed by atoms with Crippen LogP contribution in [-0.4, -0.2) is 79.3 Å². The fourth-order valence-electron chi connectivity index (χ4n) is 3.40. The zero-order valence-electron chi connectivity index (χ0n) is 16.2. The van der Waals surface area contributed by atoms with Crippen LogP contribution >= 0.6 is 0 Å². The van der Waals surface area contributed by atoms with Gasteiger partial charge >= 0.3 is 5.97 Å². The molecule has 0 bridgehead atoms. The van der Waals surface area contributed by atoms with Gasteiger partial charge in [0.25, 0.3) is 5.69 Å². The maximum absolute atomic E-state index is 11.3. The first kappa shape index (κ1) is 22.2. The van der Waals surface area contributed by atoms with Crippen molar-refractivity contribution in [3.63, 3.8) is 0 Å². The van der Waals surface area contributed by atoms with Gasteiger partial charge in [-0.3, -0.25) is 19.8 Å². The molecule has 1 aliphatic rings. The third-order valence-electron chi connectivity index (χ3n) is 4.92. The fraction of sp³-hybridized carbons (Fsp3) is 0.632. The van der Waals surface area contributed by atoms with Crippen molar-refractivity contribution >= 4 is 11.7 Å². The first-order valence-electron chi connectivity index (χ1n) is 9.87. The number of hydrogen-bond donors (Lipinski definition) is 4. The molecule has 0 radical (unpaired) electrons. The van der Waals surface area contributed by atoms with E-state index in [2.05, 4.69) is 16.0 Å². The highest BCUT2D eigenvalue weighted by molar-refractivity contribution is 5.69. The van der Waals surface area contributed by atoms with Crippen LogP contribution in [0.4, 0.5) is 5.69 Å². The zero-order valence-corrected chi connectivity index (χ0v) is 16.2. The Kier molecular flexibility index (Phi) is 9.84. The van der Waals surface area contributed by atoms with Crippen LogP contribution in [0, 0.1) is 10.1 Å². The molecule has 1 aromatic carbocycles. The summed E-state index contributed by atoms with van der Waals surface area (Å²) in [5, 5.41) is 30.2. The molecule has 1 unspecified atom stereocenters. The van der Waals surface area contributed by atoms with Gasteiger partial charge in [-0.2, -0.15) is 0 Å². The molecule has 156 valence electrons. The Balaban J connectivity index is 1.92. The lowest BCUT2D eigenvalue weighted by Crippen LogP contribution is -2.49. The fourth-order valence-corrected chi connectivity index (χ4v) is 3.40. The number of carbonyl (C=O) groups is 1. The van der Waals surface area contributed by atoms with Crippen molar-refractivity contribution in [3.05, 3.63) is 39.9 Å². The van der Waals surface area contributed by atoms with E-state index in [4.69, 9.17) is 0 Å². The number of rotatable bonds is 7. The lowest BCUT2D eigenvalue weighted by atomic mass is 10.0. The van der Waals surface area contributed by atoms with Gasteiger partial charge in [-0.1, -0.05) is 12.1 Å². The van der Waals surface area contributed by atoms with Crippen LogP contribution in [0.1, 0.15) is 18.4 Å². The molecule has 0 aromatic heterocycles. The molecule has 0 saturated carbocycles. The van der Waals surface area contributed by atoms with Gasteiger partial charge in [-0.15, -0.1) is 0 Å². The highest BCUT2D eigenvalue weighted by Crippen LogP contribution is 2.15. The van der Waals surface area contributed by atoms with Crippen molar-refractivity contribution in [1.82, 2.24) is 20.9 Å². The van der Waals surface area contributed by atoms with Crippen LogP contribution < -0.4 is 16.0 Å². The first-order chi connectivity index (χ1) is 13.6. The third-order valence-corrected chi connectivity index (χ3v) is 4.92. The standard InChI is InChI=1S/C19H31N5O4/c25-19(26)15-23-13-12-21-9-8-20-10-11-22-14-18(23)3-1-2-16-4-6-17(7-5-16)24(27)28/h4-7,18,20-22H,1-3,8-15H2,(H,25,26). The van der Waals surface area contributed by atoms with Gasteiger partial charge in [0, 0.05) is 64.0 Å². The highest BCUT2D eigenvalue weighted by atomic mass is 16.6. The van der Waals surface area contributed by atoms with E-state index in [1.807, 2.05) is 4.90 Å². The number of aliphatic carboxylic acids is 1. The van der Waals surface area contributed by atoms with Crippen LogP contribution in [0.2, 0.25) is 0 Å². The molecule has 0 aliphatic carbocycles. The molecule has 2 rings (SSSR count). The quantitative estimate of drug-likeness (QED) is 0.389. The first-order valence-corrected chi connectivity index (χ1v) is 9.87. The van der Waals surface area contributed by atoms with E-state index in [-0.39, 0.29) is 18.3 Å². The topological polar surface area (TPSA) is 120 Å². The maximum atomic E-state index is 11.3. The van der Waals surface area contributed by atoms with Crippen molar-refractivity contribution in [2.24, 2.45) is 0 Å². The summed E-state index contributed by atoms with van der Waals surface area (Å²) in [5.74, 6) is -0.811. The van der Waals surface area contributed by atoms with E-state index in [1.54, 1.807) is 12.1 Å². The number of nitro benzene ring substituents is 1. The van der Waals surface area contributed by atoms with Gasteiger partial charge in [-0.05, 0) is 24.8 Å². The number of carboxylic acids is 1. The summed E-state index contributed by atoms with van der Waals surface area (Å²) in [6.45, 7) is 5.73. The molecule has 1 saturated heterocycles. The Morgan fingerprint density at radius 2 is 1.75 bits per heavy atom. The molecular formula is C19H31N5O4. The third kappa shape index (κ3) is 8.30. The van der Waals surface area contributed by atoms with Crippen molar-refractivity contribution < 1.29 is 14.8 Å². The number of hydrogen-bond acceptors (Lipinski definition) is 7. The Morgan fingerprint density at radius 3 is 2.39 bits per heavy atom. The normalized spacial score (nSPS) is 20.1. The summed E-state index contributed by atoms with van der Waals surface area (Å²) >= 11 is 0. The Labute approximate surface area is 165 Å². The number of nitro groups is 1. The lowest BCUT2D eigenvalue weighted by molar-refractivity contribution is -0.384. The summed E-state index contributed by atoms with van der Waals surface area (Å²) in [6.07, 6.45) is 2.58. The second-order valence-electron chi connectivity index (χ2n) is 7.04. The molecular weight excluding hydrogens is 362 g/mol. The molecule has 1 heterocycles. The van der Waals surface area contributed by atoms with Crippen LogP contribution in [0.15, 0.2) is 24.3 Å². The minimum absolute atomic E-state index is 0.0316. The van der Waals surface area contributed by atoms with Crippen LogP contribution in [0.3, 0.4) is 0 Å². The largest absolute Gasteiger partial charge is 0.480 e. The van der Waals surface area contributed by atoms with Crippen molar-refractivity contribution in [3.8, 4) is 0 Å². The van der Waals surface area contributed by atoms with Gasteiger partial charge in [-0.25, -0.2) is 0 Å². The molecule has 9 nitrogen and oxygen atoms in total. The minimum Gasteiger partial charge on any atom is -0.480 e. The predicted octanol–water partition coefficient (Wildman–Crippen LogP) is 0.455. The molecule has 28 heavy (non-hydrogen) atoms. The second-order valence-corrected chi connectivity index (χ2v) is 7.04. The molecule has 0 spiro atoms. The number of aryl methyl sites for hydroxylation is 1. The summed E-state index contributed by atoms with van der Waals surface area (Å²) in [5.41, 5.74) is 1.16. The molecule has 1 atom stereocenters. The van der Waals surface area contributed by atoms with Gasteiger partial charge in [0.2, 0.25) is 0 Å². The summed E-state index contributed by atoms with van der Waals surface area (Å²) in [6, 6.07) is 6.78. The molecule has 9 heteroatoms. The highest BCUT2D eigenvalue weighted by Gasteiger charge is 2.20. The maximum Gasteiger partial charge on any atom is 0.317 e. The van der Waals surface area contributed by atoms with E-state index in [0.29, 0.717) is 6.54 Å². The van der Waals surface area contributed by atoms with Crippen molar-refractivity contribution in [2.45, 2.75) is 25.3 Å². The zero-order chi connectivity index (χ0) is 20.2. The van der Waals surface area contributed by atoms with Crippen molar-refractivity contribution in [2.75, 3.05) is 52.4 Å². The Bertz CT molecular complexity index is 611. The Hall–Kier alpha value is -2.07. The van der Waals surface area contributed by atoms with E-state index < -0.39 is 10.9 Å². The van der Waals surface area contributed by atoms with Crippen LogP contribution in [-0.2, 0) is 11.2 Å². The SMILES string of the molecule is O=C(O)CN1CCNCCNCCNCC1CCCc1ccc([N+](=O)[O-])cc1. The average molecular weight is 393 g/mol. The number of benzene rings is 1. The predicted molar refractivity (Wildman–Crippen MR) is 108 cm³/mol. The summed E-state index contributed by atoms with van der Waals surface area (Å²) in [7, 11) is 0. The molecule has 4 N–H and O–H groups in total. The molecule has 1 aliphatic heterocycles. The second kappa shape index (κ2) is 12.4. The van der Waals surface area contributed by atoms with Gasteiger partial charge < -0.3 is 21.1 Å². The smallest absolute Gasteiger partial charge is 0.317 e. The number of non-ortho nitro benzene ring substituents is 1. The van der Waals surface area contributed by atoms with Crippen LogP contribution in [0.5, 0.6) is 0 Å². The van der Waals surface area contributed by atoms with Gasteiger partial charge in [0.1, 0.15) is 0 Å². The molecule has 1 fully saturated rings. The van der Waals surface area contributed by atoms with E-state index in [0.717, 1.165) is 64.1 Å². The van der Waals surface area contributed by atoms with Crippen LogP contribution in [0.25, 0.3) is 0 Å². The van der Waals surface area contributed by atoms with Gasteiger partial charge in [0.05, 0.1) is 11.5 Å². The van der Waals surface area contributed by atoms with E-state index >= 15 is 0 Å². The van der Waals surface area contributed by atoms with Gasteiger partial charge in [0.15, 0.2) is 0 Å². The monoisotopic (exact) mass is 393 g/mol. The number of carboxylic acid groups (broad SMARTS) is 1. The molecule has 1 aromatic rings. The number of nitrogens with one attached hydrogen (secondary N) is 3.